The standard InChI is InChI=1S/C14H24N4O2S/c1-12(2)16-11-13-5-4-6-15-14(13)17-7-9-18(10-8-17)21(3,19)20/h4-6,12,16H,7-11H2,1-3H3. The maximum atomic E-state index is 11.6. The van der Waals surface area contributed by atoms with Gasteiger partial charge in [0.25, 0.3) is 0 Å². The largest absolute Gasteiger partial charge is 0.354 e. The molecule has 1 fully saturated rings. The Bertz CT molecular complexity index is 566. The van der Waals surface area contributed by atoms with E-state index in [1.807, 2.05) is 6.07 Å². The van der Waals surface area contributed by atoms with Gasteiger partial charge in [0, 0.05) is 50.5 Å². The molecule has 0 aliphatic carbocycles. The molecule has 7 heteroatoms. The average Bonchev–Trinajstić information content (AvgIpc) is 2.44. The second kappa shape index (κ2) is 6.72. The number of hydrogen-bond donors (Lipinski definition) is 1. The molecule has 0 amide bonds. The first-order valence-electron chi connectivity index (χ1n) is 7.25. The molecule has 1 aliphatic rings. The number of nitrogens with one attached hydrogen (secondary N) is 1. The summed E-state index contributed by atoms with van der Waals surface area (Å²) < 4.78 is 24.6. The van der Waals surface area contributed by atoms with E-state index in [0.29, 0.717) is 32.2 Å². The lowest BCUT2D eigenvalue weighted by Crippen LogP contribution is -2.49. The number of anilines is 1. The van der Waals surface area contributed by atoms with Crippen LogP contribution in [-0.4, -0.2) is 56.2 Å². The molecular formula is C14H24N4O2S. The Labute approximate surface area is 127 Å². The SMILES string of the molecule is CC(C)NCc1cccnc1N1CCN(S(C)(=O)=O)CC1. The number of sulfonamides is 1. The molecule has 118 valence electrons. The molecule has 0 spiro atoms. The molecule has 21 heavy (non-hydrogen) atoms. The number of rotatable bonds is 5. The van der Waals surface area contributed by atoms with Crippen molar-refractivity contribution in [1.29, 1.82) is 0 Å². The molecule has 1 saturated heterocycles. The summed E-state index contributed by atoms with van der Waals surface area (Å²) in [5.41, 5.74) is 1.15. The lowest BCUT2D eigenvalue weighted by atomic mass is 10.2. The fraction of sp³-hybridized carbons (Fsp3) is 0.643. The van der Waals surface area contributed by atoms with Crippen LogP contribution in [-0.2, 0) is 16.6 Å². The van der Waals surface area contributed by atoms with Crippen LogP contribution >= 0.6 is 0 Å². The summed E-state index contributed by atoms with van der Waals surface area (Å²) in [7, 11) is -3.09. The highest BCUT2D eigenvalue weighted by Crippen LogP contribution is 2.19. The van der Waals surface area contributed by atoms with Crippen molar-refractivity contribution < 1.29 is 8.42 Å². The Hall–Kier alpha value is -1.18. The highest BCUT2D eigenvalue weighted by atomic mass is 32.2. The van der Waals surface area contributed by atoms with Crippen molar-refractivity contribution in [3.8, 4) is 0 Å². The molecule has 0 bridgehead atoms. The highest BCUT2D eigenvalue weighted by Gasteiger charge is 2.25. The summed E-state index contributed by atoms with van der Waals surface area (Å²) in [6, 6.07) is 4.42. The summed E-state index contributed by atoms with van der Waals surface area (Å²) in [6.45, 7) is 7.39. The van der Waals surface area contributed by atoms with Crippen LogP contribution in [0.5, 0.6) is 0 Å². The fourth-order valence-electron chi connectivity index (χ4n) is 2.40. The first kappa shape index (κ1) is 16.2. The third-order valence-electron chi connectivity index (χ3n) is 3.58. The van der Waals surface area contributed by atoms with Crippen LogP contribution in [0.2, 0.25) is 0 Å². The third kappa shape index (κ3) is 4.39. The van der Waals surface area contributed by atoms with E-state index in [1.165, 1.54) is 10.6 Å². The van der Waals surface area contributed by atoms with Crippen LogP contribution in [0, 0.1) is 0 Å². The predicted octanol–water partition coefficient (Wildman–Crippen LogP) is 0.661. The van der Waals surface area contributed by atoms with Gasteiger partial charge in [-0.15, -0.1) is 0 Å². The van der Waals surface area contributed by atoms with Crippen LogP contribution in [0.4, 0.5) is 5.82 Å². The summed E-state index contributed by atoms with van der Waals surface area (Å²) in [5, 5.41) is 3.40. The van der Waals surface area contributed by atoms with Gasteiger partial charge in [0.05, 0.1) is 6.26 Å². The summed E-state index contributed by atoms with van der Waals surface area (Å²) in [4.78, 5) is 6.65. The number of piperazine rings is 1. The van der Waals surface area contributed by atoms with Crippen LogP contribution in [0.1, 0.15) is 19.4 Å². The van der Waals surface area contributed by atoms with Crippen LogP contribution < -0.4 is 10.2 Å². The van der Waals surface area contributed by atoms with E-state index in [-0.39, 0.29) is 0 Å². The molecule has 1 aromatic rings. The van der Waals surface area contributed by atoms with Gasteiger partial charge in [-0.05, 0) is 6.07 Å². The Morgan fingerprint density at radius 3 is 2.52 bits per heavy atom. The van der Waals surface area contributed by atoms with Gasteiger partial charge in [-0.2, -0.15) is 4.31 Å². The second-order valence-electron chi connectivity index (χ2n) is 5.67. The lowest BCUT2D eigenvalue weighted by Gasteiger charge is -2.35. The van der Waals surface area contributed by atoms with Crippen molar-refractivity contribution >= 4 is 15.8 Å². The van der Waals surface area contributed by atoms with Gasteiger partial charge in [0.1, 0.15) is 5.82 Å². The van der Waals surface area contributed by atoms with E-state index in [1.54, 1.807) is 6.20 Å². The van der Waals surface area contributed by atoms with Crippen LogP contribution in [0.25, 0.3) is 0 Å². The van der Waals surface area contributed by atoms with Crippen molar-refractivity contribution in [2.45, 2.75) is 26.4 Å². The molecule has 0 aromatic carbocycles. The first-order valence-corrected chi connectivity index (χ1v) is 9.10. The first-order chi connectivity index (χ1) is 9.88. The zero-order valence-electron chi connectivity index (χ0n) is 12.9. The summed E-state index contributed by atoms with van der Waals surface area (Å²) in [6.07, 6.45) is 3.05. The van der Waals surface area contributed by atoms with Crippen molar-refractivity contribution in [1.82, 2.24) is 14.6 Å². The predicted molar refractivity (Wildman–Crippen MR) is 84.8 cm³/mol. The monoisotopic (exact) mass is 312 g/mol. The minimum atomic E-state index is -3.09. The molecule has 0 saturated carbocycles. The van der Waals surface area contributed by atoms with Crippen LogP contribution in [0.3, 0.4) is 0 Å². The Morgan fingerprint density at radius 1 is 1.29 bits per heavy atom. The molecule has 1 N–H and O–H groups in total. The van der Waals surface area contributed by atoms with Gasteiger partial charge < -0.3 is 10.2 Å². The van der Waals surface area contributed by atoms with E-state index < -0.39 is 10.0 Å². The van der Waals surface area contributed by atoms with E-state index >= 15 is 0 Å². The highest BCUT2D eigenvalue weighted by molar-refractivity contribution is 7.88. The van der Waals surface area contributed by atoms with Gasteiger partial charge >= 0.3 is 0 Å². The maximum Gasteiger partial charge on any atom is 0.211 e. The normalized spacial score (nSPS) is 17.4. The molecule has 2 heterocycles. The van der Waals surface area contributed by atoms with E-state index in [9.17, 15) is 8.42 Å². The minimum Gasteiger partial charge on any atom is -0.354 e. The zero-order chi connectivity index (χ0) is 15.5. The van der Waals surface area contributed by atoms with Crippen molar-refractivity contribution in [3.05, 3.63) is 23.9 Å². The van der Waals surface area contributed by atoms with Gasteiger partial charge in [-0.25, -0.2) is 13.4 Å². The Morgan fingerprint density at radius 2 is 1.95 bits per heavy atom. The average molecular weight is 312 g/mol. The maximum absolute atomic E-state index is 11.6. The van der Waals surface area contributed by atoms with Crippen molar-refractivity contribution in [2.75, 3.05) is 37.3 Å². The van der Waals surface area contributed by atoms with E-state index in [0.717, 1.165) is 17.9 Å². The molecular weight excluding hydrogens is 288 g/mol. The van der Waals surface area contributed by atoms with Gasteiger partial charge in [-0.3, -0.25) is 0 Å². The Kier molecular flexibility index (Phi) is 5.18. The van der Waals surface area contributed by atoms with Crippen molar-refractivity contribution in [2.24, 2.45) is 0 Å². The molecule has 1 aromatic heterocycles. The second-order valence-corrected chi connectivity index (χ2v) is 7.65. The van der Waals surface area contributed by atoms with E-state index in [4.69, 9.17) is 0 Å². The van der Waals surface area contributed by atoms with E-state index in [2.05, 4.69) is 35.1 Å². The van der Waals surface area contributed by atoms with Crippen molar-refractivity contribution in [3.63, 3.8) is 0 Å². The third-order valence-corrected chi connectivity index (χ3v) is 4.88. The molecule has 0 atom stereocenters. The zero-order valence-corrected chi connectivity index (χ0v) is 13.7. The smallest absolute Gasteiger partial charge is 0.211 e. The van der Waals surface area contributed by atoms with Gasteiger partial charge in [0.2, 0.25) is 10.0 Å². The topological polar surface area (TPSA) is 65.5 Å². The number of aromatic nitrogens is 1. The molecule has 2 rings (SSSR count). The number of hydrogen-bond acceptors (Lipinski definition) is 5. The summed E-state index contributed by atoms with van der Waals surface area (Å²) >= 11 is 0. The van der Waals surface area contributed by atoms with Gasteiger partial charge in [-0.1, -0.05) is 19.9 Å². The molecule has 6 nitrogen and oxygen atoms in total. The molecule has 0 unspecified atom stereocenters. The fourth-order valence-corrected chi connectivity index (χ4v) is 3.23. The quantitative estimate of drug-likeness (QED) is 0.865. The Balaban J connectivity index is 2.06. The lowest BCUT2D eigenvalue weighted by molar-refractivity contribution is 0.386. The number of pyridine rings is 1. The van der Waals surface area contributed by atoms with Crippen LogP contribution in [0.15, 0.2) is 18.3 Å². The minimum absolute atomic E-state index is 0.417. The molecule has 1 aliphatic heterocycles. The summed E-state index contributed by atoms with van der Waals surface area (Å²) in [5.74, 6) is 0.957. The number of nitrogens with zero attached hydrogens (tertiary/aromatic N) is 3. The molecule has 0 radical (unpaired) electrons. The van der Waals surface area contributed by atoms with Gasteiger partial charge in [0.15, 0.2) is 0 Å².